The fourth-order valence-corrected chi connectivity index (χ4v) is 2.58. The molecule has 0 aliphatic heterocycles. The summed E-state index contributed by atoms with van der Waals surface area (Å²) in [6.07, 6.45) is 2.51. The normalized spacial score (nSPS) is 13.9. The number of hydrogen-bond acceptors (Lipinski definition) is 4. The molecule has 0 bridgehead atoms. The summed E-state index contributed by atoms with van der Waals surface area (Å²) >= 11 is 0. The van der Waals surface area contributed by atoms with Crippen LogP contribution in [0.3, 0.4) is 0 Å². The van der Waals surface area contributed by atoms with Crippen LogP contribution < -0.4 is 4.72 Å². The predicted octanol–water partition coefficient (Wildman–Crippen LogP) is -0.543. The molecule has 0 aliphatic carbocycles. The Hall–Kier alpha value is -0.730. The van der Waals surface area contributed by atoms with E-state index in [4.69, 9.17) is 0 Å². The van der Waals surface area contributed by atoms with Crippen molar-refractivity contribution in [2.45, 2.75) is 11.9 Å². The van der Waals surface area contributed by atoms with Crippen LogP contribution in [0.1, 0.15) is 6.92 Å². The lowest BCUT2D eigenvalue weighted by Gasteiger charge is -2.03. The number of H-pyrrole nitrogens is 1. The number of imidazole rings is 1. The van der Waals surface area contributed by atoms with Crippen molar-refractivity contribution < 1.29 is 12.6 Å². The van der Waals surface area contributed by atoms with E-state index in [-0.39, 0.29) is 11.6 Å². The average Bonchev–Trinajstić information content (AvgIpc) is 2.70. The van der Waals surface area contributed by atoms with Gasteiger partial charge in [0.1, 0.15) is 0 Å². The summed E-state index contributed by atoms with van der Waals surface area (Å²) in [6.45, 7) is 1.96. The molecular weight excluding hydrogens is 238 g/mol. The maximum Gasteiger partial charge on any atom is 0.257 e. The minimum absolute atomic E-state index is 0.0183. The van der Waals surface area contributed by atoms with Crippen LogP contribution in [0.25, 0.3) is 0 Å². The number of aromatic amines is 1. The van der Waals surface area contributed by atoms with Gasteiger partial charge in [-0.05, 0) is 0 Å². The molecule has 1 aromatic heterocycles. The van der Waals surface area contributed by atoms with E-state index in [1.54, 1.807) is 6.92 Å². The van der Waals surface area contributed by atoms with E-state index in [0.29, 0.717) is 11.5 Å². The molecule has 1 aromatic rings. The topological polar surface area (TPSA) is 91.9 Å². The van der Waals surface area contributed by atoms with Gasteiger partial charge in [-0.3, -0.25) is 4.21 Å². The number of nitrogens with zero attached hydrogens (tertiary/aromatic N) is 1. The van der Waals surface area contributed by atoms with E-state index in [9.17, 15) is 12.6 Å². The predicted molar refractivity (Wildman–Crippen MR) is 57.3 cm³/mol. The van der Waals surface area contributed by atoms with Gasteiger partial charge in [-0.2, -0.15) is 0 Å². The summed E-state index contributed by atoms with van der Waals surface area (Å²) in [7, 11) is -4.48. The van der Waals surface area contributed by atoms with E-state index in [1.807, 2.05) is 0 Å². The fraction of sp³-hybridized carbons (Fsp3) is 0.571. The second-order valence-corrected chi connectivity index (χ2v) is 6.35. The Morgan fingerprint density at radius 3 is 2.87 bits per heavy atom. The third-order valence-electron chi connectivity index (χ3n) is 1.71. The van der Waals surface area contributed by atoms with Crippen molar-refractivity contribution in [3.63, 3.8) is 0 Å². The molecule has 15 heavy (non-hydrogen) atoms. The highest BCUT2D eigenvalue weighted by Gasteiger charge is 2.14. The number of nitrogens with one attached hydrogen (secondary N) is 2. The SMILES string of the molecule is CCS(=O)CCNS(=O)(=O)c1cnc[nH]1. The van der Waals surface area contributed by atoms with Crippen molar-refractivity contribution in [3.8, 4) is 0 Å². The summed E-state index contributed by atoms with van der Waals surface area (Å²) < 4.78 is 36.3. The van der Waals surface area contributed by atoms with Gasteiger partial charge in [0.05, 0.1) is 12.5 Å². The lowest BCUT2D eigenvalue weighted by Crippen LogP contribution is -2.28. The van der Waals surface area contributed by atoms with Crippen LogP contribution in [0.15, 0.2) is 17.6 Å². The van der Waals surface area contributed by atoms with Gasteiger partial charge in [-0.1, -0.05) is 6.92 Å². The standard InChI is InChI=1S/C7H13N3O3S2/c1-2-14(11)4-3-10-15(12,13)7-5-8-6-9-7/h5-6,10H,2-4H2,1H3,(H,8,9). The van der Waals surface area contributed by atoms with Gasteiger partial charge in [0.25, 0.3) is 10.0 Å². The first kappa shape index (κ1) is 12.3. The highest BCUT2D eigenvalue weighted by atomic mass is 32.2. The zero-order chi connectivity index (χ0) is 11.3. The first-order chi connectivity index (χ1) is 7.06. The molecule has 0 spiro atoms. The lowest BCUT2D eigenvalue weighted by molar-refractivity contribution is 0.581. The minimum atomic E-state index is -3.52. The molecule has 0 aliphatic rings. The Labute approximate surface area is 91.0 Å². The van der Waals surface area contributed by atoms with Crippen LogP contribution in [0.5, 0.6) is 0 Å². The van der Waals surface area contributed by atoms with E-state index in [0.717, 1.165) is 0 Å². The fourth-order valence-electron chi connectivity index (χ4n) is 0.902. The third-order valence-corrected chi connectivity index (χ3v) is 4.40. The van der Waals surface area contributed by atoms with Gasteiger partial charge in [-0.25, -0.2) is 18.1 Å². The van der Waals surface area contributed by atoms with Gasteiger partial charge >= 0.3 is 0 Å². The second kappa shape index (κ2) is 5.38. The van der Waals surface area contributed by atoms with Gasteiger partial charge in [0.2, 0.25) is 0 Å². The molecule has 86 valence electrons. The molecule has 0 amide bonds. The molecule has 1 rings (SSSR count). The summed E-state index contributed by atoms with van der Waals surface area (Å²) in [4.78, 5) is 6.11. The van der Waals surface area contributed by atoms with Crippen molar-refractivity contribution >= 4 is 20.8 Å². The molecule has 8 heteroatoms. The molecule has 0 saturated carbocycles. The largest absolute Gasteiger partial charge is 0.335 e. The highest BCUT2D eigenvalue weighted by molar-refractivity contribution is 7.89. The summed E-state index contributed by atoms with van der Waals surface area (Å²) in [5.74, 6) is 0.857. The van der Waals surface area contributed by atoms with E-state index in [2.05, 4.69) is 14.7 Å². The van der Waals surface area contributed by atoms with Gasteiger partial charge in [0, 0.05) is 28.9 Å². The van der Waals surface area contributed by atoms with E-state index in [1.165, 1.54) is 12.5 Å². The Bertz CT molecular complexity index is 413. The molecule has 0 fully saturated rings. The molecule has 0 aromatic carbocycles. The number of sulfonamides is 1. The van der Waals surface area contributed by atoms with Crippen LogP contribution in [-0.4, -0.2) is 40.6 Å². The van der Waals surface area contributed by atoms with Crippen LogP contribution in [-0.2, 0) is 20.8 Å². The molecule has 1 unspecified atom stereocenters. The molecule has 0 saturated heterocycles. The van der Waals surface area contributed by atoms with Crippen LogP contribution in [0.2, 0.25) is 0 Å². The first-order valence-corrected chi connectivity index (χ1v) is 7.36. The Morgan fingerprint density at radius 2 is 2.33 bits per heavy atom. The zero-order valence-electron chi connectivity index (χ0n) is 8.26. The molecule has 6 nitrogen and oxygen atoms in total. The molecule has 1 atom stereocenters. The van der Waals surface area contributed by atoms with Crippen molar-refractivity contribution in [3.05, 3.63) is 12.5 Å². The number of aromatic nitrogens is 2. The Balaban J connectivity index is 2.49. The van der Waals surface area contributed by atoms with Crippen molar-refractivity contribution in [1.29, 1.82) is 0 Å². The zero-order valence-corrected chi connectivity index (χ0v) is 9.90. The maximum absolute atomic E-state index is 11.5. The molecular formula is C7H13N3O3S2. The monoisotopic (exact) mass is 251 g/mol. The van der Waals surface area contributed by atoms with Crippen molar-refractivity contribution in [1.82, 2.24) is 14.7 Å². The minimum Gasteiger partial charge on any atom is -0.335 e. The Kier molecular flexibility index (Phi) is 4.43. The van der Waals surface area contributed by atoms with Gasteiger partial charge in [-0.15, -0.1) is 0 Å². The maximum atomic E-state index is 11.5. The van der Waals surface area contributed by atoms with E-state index >= 15 is 0 Å². The smallest absolute Gasteiger partial charge is 0.257 e. The molecule has 0 radical (unpaired) electrons. The van der Waals surface area contributed by atoms with Crippen LogP contribution in [0, 0.1) is 0 Å². The number of rotatable bonds is 6. The highest BCUT2D eigenvalue weighted by Crippen LogP contribution is 2.00. The Morgan fingerprint density at radius 1 is 1.60 bits per heavy atom. The van der Waals surface area contributed by atoms with Gasteiger partial charge < -0.3 is 4.98 Å². The molecule has 2 N–H and O–H groups in total. The third kappa shape index (κ3) is 3.73. The lowest BCUT2D eigenvalue weighted by atomic mass is 10.8. The first-order valence-electron chi connectivity index (χ1n) is 4.39. The quantitative estimate of drug-likeness (QED) is 0.710. The van der Waals surface area contributed by atoms with Crippen molar-refractivity contribution in [2.24, 2.45) is 0 Å². The summed E-state index contributed by atoms with van der Waals surface area (Å²) in [6, 6.07) is 0. The number of hydrogen-bond donors (Lipinski definition) is 2. The van der Waals surface area contributed by atoms with Crippen LogP contribution >= 0.6 is 0 Å². The second-order valence-electron chi connectivity index (χ2n) is 2.75. The summed E-state index contributed by atoms with van der Waals surface area (Å²) in [5.41, 5.74) is 0. The summed E-state index contributed by atoms with van der Waals surface area (Å²) in [5, 5.41) is 0.0183. The van der Waals surface area contributed by atoms with Crippen LogP contribution in [0.4, 0.5) is 0 Å². The average molecular weight is 251 g/mol. The van der Waals surface area contributed by atoms with Gasteiger partial charge in [0.15, 0.2) is 5.03 Å². The van der Waals surface area contributed by atoms with E-state index < -0.39 is 20.8 Å². The van der Waals surface area contributed by atoms with Crippen molar-refractivity contribution in [2.75, 3.05) is 18.1 Å². The molecule has 1 heterocycles.